The summed E-state index contributed by atoms with van der Waals surface area (Å²) in [6, 6.07) is 24.5. The third-order valence-corrected chi connectivity index (χ3v) is 7.22. The number of carbonyl (C=O) groups excluding carboxylic acids is 2. The molecule has 0 bridgehead atoms. The van der Waals surface area contributed by atoms with Crippen molar-refractivity contribution in [1.82, 2.24) is 10.2 Å². The van der Waals surface area contributed by atoms with Crippen LogP contribution in [0.4, 0.5) is 0 Å². The first-order valence-corrected chi connectivity index (χ1v) is 13.6. The van der Waals surface area contributed by atoms with Gasteiger partial charge < -0.3 is 10.2 Å². The highest BCUT2D eigenvalue weighted by Gasteiger charge is 2.30. The number of halogens is 2. The minimum atomic E-state index is -0.650. The molecule has 3 rings (SSSR count). The van der Waals surface area contributed by atoms with Crippen LogP contribution in [-0.2, 0) is 28.3 Å². The van der Waals surface area contributed by atoms with Crippen molar-refractivity contribution in [1.29, 1.82) is 0 Å². The Morgan fingerprint density at radius 3 is 2.17 bits per heavy atom. The van der Waals surface area contributed by atoms with E-state index in [-0.39, 0.29) is 24.1 Å². The minimum absolute atomic E-state index is 0.0930. The summed E-state index contributed by atoms with van der Waals surface area (Å²) in [6.45, 7) is 2.83. The average Bonchev–Trinajstić information content (AvgIpc) is 2.88. The fourth-order valence-corrected chi connectivity index (χ4v) is 4.86. The highest BCUT2D eigenvalue weighted by molar-refractivity contribution is 7.99. The second-order valence-corrected chi connectivity index (χ2v) is 10.0. The van der Waals surface area contributed by atoms with Crippen LogP contribution < -0.4 is 5.32 Å². The Morgan fingerprint density at radius 1 is 0.886 bits per heavy atom. The molecule has 3 aromatic rings. The second kappa shape index (κ2) is 14.2. The van der Waals surface area contributed by atoms with Gasteiger partial charge in [-0.3, -0.25) is 9.59 Å². The fourth-order valence-electron chi connectivity index (χ4n) is 3.67. The van der Waals surface area contributed by atoms with Crippen LogP contribution in [-0.4, -0.2) is 35.1 Å². The lowest BCUT2D eigenvalue weighted by molar-refractivity contribution is -0.139. The molecule has 0 radical (unpaired) electrons. The number of carbonyl (C=O) groups is 2. The molecular formula is C28H30Cl2N2O2S. The molecule has 35 heavy (non-hydrogen) atoms. The first-order valence-electron chi connectivity index (χ1n) is 11.6. The summed E-state index contributed by atoms with van der Waals surface area (Å²) in [5.74, 6) is 0.739. The summed E-state index contributed by atoms with van der Waals surface area (Å²) in [5.41, 5.74) is 2.97. The van der Waals surface area contributed by atoms with Gasteiger partial charge >= 0.3 is 0 Å². The molecule has 1 N–H and O–H groups in total. The number of amides is 2. The third-order valence-electron chi connectivity index (χ3n) is 5.49. The Hall–Kier alpha value is -2.47. The summed E-state index contributed by atoms with van der Waals surface area (Å²) in [4.78, 5) is 28.5. The van der Waals surface area contributed by atoms with Crippen molar-refractivity contribution in [3.8, 4) is 0 Å². The maximum atomic E-state index is 13.6. The molecule has 0 spiro atoms. The fraction of sp³-hybridized carbons (Fsp3) is 0.286. The van der Waals surface area contributed by atoms with Gasteiger partial charge in [0.05, 0.1) is 15.8 Å². The molecular weight excluding hydrogens is 499 g/mol. The minimum Gasteiger partial charge on any atom is -0.354 e. The average molecular weight is 530 g/mol. The molecule has 0 aromatic heterocycles. The first-order chi connectivity index (χ1) is 17.0. The van der Waals surface area contributed by atoms with Gasteiger partial charge in [-0.1, -0.05) is 96.9 Å². The van der Waals surface area contributed by atoms with Gasteiger partial charge in [0.2, 0.25) is 11.8 Å². The van der Waals surface area contributed by atoms with E-state index in [1.54, 1.807) is 28.8 Å². The van der Waals surface area contributed by atoms with Crippen molar-refractivity contribution in [3.63, 3.8) is 0 Å². The van der Waals surface area contributed by atoms with E-state index in [0.717, 1.165) is 28.9 Å². The largest absolute Gasteiger partial charge is 0.354 e. The van der Waals surface area contributed by atoms with Crippen molar-refractivity contribution in [3.05, 3.63) is 106 Å². The van der Waals surface area contributed by atoms with Crippen molar-refractivity contribution < 1.29 is 9.59 Å². The smallest absolute Gasteiger partial charge is 0.243 e. The van der Waals surface area contributed by atoms with Crippen molar-refractivity contribution in [2.45, 2.75) is 38.1 Å². The van der Waals surface area contributed by atoms with Crippen LogP contribution in [0.3, 0.4) is 0 Å². The predicted octanol–water partition coefficient (Wildman–Crippen LogP) is 6.39. The SMILES string of the molecule is CCCNC(=O)[C@@H](Cc1ccccc1)N(Cc1ccc(Cl)c(Cl)c1)C(=O)CSCc1ccccc1. The van der Waals surface area contributed by atoms with E-state index in [9.17, 15) is 9.59 Å². The molecule has 2 amide bonds. The second-order valence-electron chi connectivity index (χ2n) is 8.25. The number of rotatable bonds is 12. The predicted molar refractivity (Wildman–Crippen MR) is 147 cm³/mol. The van der Waals surface area contributed by atoms with Gasteiger partial charge in [-0.2, -0.15) is 0 Å². The molecule has 7 heteroatoms. The van der Waals surface area contributed by atoms with Crippen LogP contribution in [0.25, 0.3) is 0 Å². The van der Waals surface area contributed by atoms with Crippen LogP contribution in [0.5, 0.6) is 0 Å². The molecule has 0 fully saturated rings. The normalized spacial score (nSPS) is 11.6. The molecule has 184 valence electrons. The van der Waals surface area contributed by atoms with Crippen LogP contribution in [0.1, 0.15) is 30.0 Å². The number of hydrogen-bond donors (Lipinski definition) is 1. The Morgan fingerprint density at radius 2 is 1.54 bits per heavy atom. The Labute approximate surface area is 222 Å². The highest BCUT2D eigenvalue weighted by atomic mass is 35.5. The Bertz CT molecular complexity index is 1100. The molecule has 0 aliphatic rings. The summed E-state index contributed by atoms with van der Waals surface area (Å²) in [5, 5.41) is 3.86. The van der Waals surface area contributed by atoms with Gasteiger partial charge in [0.15, 0.2) is 0 Å². The van der Waals surface area contributed by atoms with Crippen molar-refractivity contribution in [2.24, 2.45) is 0 Å². The molecule has 4 nitrogen and oxygen atoms in total. The topological polar surface area (TPSA) is 49.4 Å². The van der Waals surface area contributed by atoms with Crippen molar-refractivity contribution >= 4 is 46.8 Å². The van der Waals surface area contributed by atoms with E-state index in [4.69, 9.17) is 23.2 Å². The van der Waals surface area contributed by atoms with E-state index < -0.39 is 6.04 Å². The van der Waals surface area contributed by atoms with Crippen LogP contribution in [0.15, 0.2) is 78.9 Å². The molecule has 0 heterocycles. The zero-order chi connectivity index (χ0) is 25.0. The maximum absolute atomic E-state index is 13.6. The van der Waals surface area contributed by atoms with Gasteiger partial charge in [0, 0.05) is 25.3 Å². The number of nitrogens with zero attached hydrogens (tertiary/aromatic N) is 1. The quantitative estimate of drug-likeness (QED) is 0.296. The maximum Gasteiger partial charge on any atom is 0.243 e. The molecule has 0 saturated heterocycles. The lowest BCUT2D eigenvalue weighted by Gasteiger charge is -2.31. The van der Waals surface area contributed by atoms with E-state index >= 15 is 0 Å². The molecule has 3 aromatic carbocycles. The van der Waals surface area contributed by atoms with E-state index in [1.165, 1.54) is 0 Å². The van der Waals surface area contributed by atoms with E-state index in [0.29, 0.717) is 23.0 Å². The zero-order valence-corrected chi connectivity index (χ0v) is 22.1. The van der Waals surface area contributed by atoms with E-state index in [2.05, 4.69) is 5.32 Å². The summed E-state index contributed by atoms with van der Waals surface area (Å²) in [6.07, 6.45) is 1.24. The molecule has 1 atom stereocenters. The van der Waals surface area contributed by atoms with Crippen LogP contribution in [0.2, 0.25) is 10.0 Å². The van der Waals surface area contributed by atoms with Crippen molar-refractivity contribution in [2.75, 3.05) is 12.3 Å². The van der Waals surface area contributed by atoms with Gasteiger partial charge in [-0.15, -0.1) is 11.8 Å². The van der Waals surface area contributed by atoms with E-state index in [1.807, 2.05) is 73.7 Å². The Balaban J connectivity index is 1.85. The molecule has 0 aliphatic carbocycles. The number of thioether (sulfide) groups is 1. The monoisotopic (exact) mass is 528 g/mol. The number of benzene rings is 3. The van der Waals surface area contributed by atoms with Gasteiger partial charge in [0.25, 0.3) is 0 Å². The standard InChI is InChI=1S/C28H30Cl2N2O2S/c1-2-15-31-28(34)26(17-21-9-5-3-6-10-21)32(18-23-13-14-24(29)25(30)16-23)27(33)20-35-19-22-11-7-4-8-12-22/h3-14,16,26H,2,15,17-20H2,1H3,(H,31,34)/t26-/m1/s1. The summed E-state index contributed by atoms with van der Waals surface area (Å²) < 4.78 is 0. The van der Waals surface area contributed by atoms with Gasteiger partial charge in [-0.05, 0) is 35.2 Å². The van der Waals surface area contributed by atoms with Crippen LogP contribution in [0, 0.1) is 0 Å². The lowest BCUT2D eigenvalue weighted by atomic mass is 10.0. The molecule has 0 unspecified atom stereocenters. The van der Waals surface area contributed by atoms with Gasteiger partial charge in [-0.25, -0.2) is 0 Å². The summed E-state index contributed by atoms with van der Waals surface area (Å²) >= 11 is 13.9. The lowest BCUT2D eigenvalue weighted by Crippen LogP contribution is -2.51. The number of nitrogens with one attached hydrogen (secondary N) is 1. The summed E-state index contributed by atoms with van der Waals surface area (Å²) in [7, 11) is 0. The molecule has 0 aliphatic heterocycles. The molecule has 0 saturated carbocycles. The Kier molecular flexibility index (Phi) is 11.0. The first kappa shape index (κ1) is 27.1. The van der Waals surface area contributed by atoms with Crippen LogP contribution >= 0.6 is 35.0 Å². The highest BCUT2D eigenvalue weighted by Crippen LogP contribution is 2.25. The number of hydrogen-bond acceptors (Lipinski definition) is 3. The zero-order valence-electron chi connectivity index (χ0n) is 19.8. The third kappa shape index (κ3) is 8.60. The van der Waals surface area contributed by atoms with Gasteiger partial charge in [0.1, 0.15) is 6.04 Å².